The molecule has 1 aromatic carbocycles. The molecule has 1 aliphatic rings. The van der Waals surface area contributed by atoms with Crippen LogP contribution in [0, 0.1) is 5.92 Å². The van der Waals surface area contributed by atoms with Gasteiger partial charge in [-0.15, -0.1) is 0 Å². The lowest BCUT2D eigenvalue weighted by atomic mass is 9.89. The minimum atomic E-state index is 0.478. The maximum absolute atomic E-state index is 5.97. The molecule has 0 saturated carbocycles. The standard InChI is InChI=1S/C18H29NO/c1-3-19(4-2)13-12-17(18-11-8-14-20-18)15-16-9-6-5-7-10-16/h5-7,9-10,17-18H,3-4,8,11-15H2,1-2H3/t17-,18+/m1/s1. The van der Waals surface area contributed by atoms with Crippen molar-refractivity contribution in [3.8, 4) is 0 Å². The van der Waals surface area contributed by atoms with E-state index in [1.54, 1.807) is 0 Å². The van der Waals surface area contributed by atoms with Crippen LogP contribution in [0.15, 0.2) is 30.3 Å². The number of hydrogen-bond acceptors (Lipinski definition) is 2. The molecule has 2 atom stereocenters. The Hall–Kier alpha value is -0.860. The number of nitrogens with zero attached hydrogens (tertiary/aromatic N) is 1. The zero-order chi connectivity index (χ0) is 14.2. The molecule has 1 saturated heterocycles. The van der Waals surface area contributed by atoms with E-state index < -0.39 is 0 Å². The lowest BCUT2D eigenvalue weighted by molar-refractivity contribution is 0.0551. The van der Waals surface area contributed by atoms with Crippen molar-refractivity contribution in [3.05, 3.63) is 35.9 Å². The van der Waals surface area contributed by atoms with Crippen LogP contribution in [0.5, 0.6) is 0 Å². The van der Waals surface area contributed by atoms with Crippen LogP contribution in [0.25, 0.3) is 0 Å². The van der Waals surface area contributed by atoms with Crippen LogP contribution < -0.4 is 0 Å². The van der Waals surface area contributed by atoms with Crippen LogP contribution in [-0.4, -0.2) is 37.2 Å². The summed E-state index contributed by atoms with van der Waals surface area (Å²) in [6.45, 7) is 8.97. The van der Waals surface area contributed by atoms with Crippen molar-refractivity contribution in [2.75, 3.05) is 26.2 Å². The van der Waals surface area contributed by atoms with Gasteiger partial charge >= 0.3 is 0 Å². The minimum Gasteiger partial charge on any atom is -0.378 e. The van der Waals surface area contributed by atoms with Crippen molar-refractivity contribution in [2.24, 2.45) is 5.92 Å². The quantitative estimate of drug-likeness (QED) is 0.716. The molecule has 0 amide bonds. The van der Waals surface area contributed by atoms with Gasteiger partial charge in [0.1, 0.15) is 0 Å². The van der Waals surface area contributed by atoms with Gasteiger partial charge in [-0.25, -0.2) is 0 Å². The molecule has 0 aromatic heterocycles. The Kier molecular flexibility index (Phi) is 6.55. The maximum Gasteiger partial charge on any atom is 0.0607 e. The minimum absolute atomic E-state index is 0.478. The van der Waals surface area contributed by atoms with Crippen LogP contribution in [-0.2, 0) is 11.2 Å². The molecule has 0 unspecified atom stereocenters. The van der Waals surface area contributed by atoms with Crippen molar-refractivity contribution in [2.45, 2.75) is 45.6 Å². The van der Waals surface area contributed by atoms with Crippen LogP contribution in [0.2, 0.25) is 0 Å². The summed E-state index contributed by atoms with van der Waals surface area (Å²) >= 11 is 0. The third kappa shape index (κ3) is 4.60. The van der Waals surface area contributed by atoms with Gasteiger partial charge in [-0.3, -0.25) is 0 Å². The summed E-state index contributed by atoms with van der Waals surface area (Å²) in [5.41, 5.74) is 1.45. The third-order valence-corrected chi connectivity index (χ3v) is 4.54. The van der Waals surface area contributed by atoms with Gasteiger partial charge in [-0.2, -0.15) is 0 Å². The first-order valence-electron chi connectivity index (χ1n) is 8.21. The molecule has 0 radical (unpaired) electrons. The van der Waals surface area contributed by atoms with Gasteiger partial charge < -0.3 is 9.64 Å². The van der Waals surface area contributed by atoms with E-state index in [9.17, 15) is 0 Å². The van der Waals surface area contributed by atoms with E-state index >= 15 is 0 Å². The number of ether oxygens (including phenoxy) is 1. The number of hydrogen-bond donors (Lipinski definition) is 0. The van der Waals surface area contributed by atoms with Gasteiger partial charge in [0.25, 0.3) is 0 Å². The zero-order valence-corrected chi connectivity index (χ0v) is 13.1. The van der Waals surface area contributed by atoms with Gasteiger partial charge in [0.15, 0.2) is 0 Å². The molecule has 0 bridgehead atoms. The number of benzene rings is 1. The second kappa shape index (κ2) is 8.43. The summed E-state index contributed by atoms with van der Waals surface area (Å²) in [5, 5.41) is 0. The Morgan fingerprint density at radius 2 is 1.95 bits per heavy atom. The first-order chi connectivity index (χ1) is 9.83. The Labute approximate surface area is 124 Å². The van der Waals surface area contributed by atoms with E-state index in [0.717, 1.165) is 26.1 Å². The van der Waals surface area contributed by atoms with Crippen LogP contribution in [0.3, 0.4) is 0 Å². The second-order valence-corrected chi connectivity index (χ2v) is 5.82. The molecule has 0 N–H and O–H groups in total. The highest BCUT2D eigenvalue weighted by Gasteiger charge is 2.26. The average Bonchev–Trinajstić information content (AvgIpc) is 3.02. The van der Waals surface area contributed by atoms with Crippen molar-refractivity contribution in [3.63, 3.8) is 0 Å². The number of rotatable bonds is 8. The second-order valence-electron chi connectivity index (χ2n) is 5.82. The van der Waals surface area contributed by atoms with Gasteiger partial charge in [0, 0.05) is 6.61 Å². The molecule has 112 valence electrons. The Balaban J connectivity index is 1.93. The molecule has 0 spiro atoms. The van der Waals surface area contributed by atoms with E-state index in [0.29, 0.717) is 12.0 Å². The fourth-order valence-corrected chi connectivity index (χ4v) is 3.20. The Bertz CT molecular complexity index is 355. The molecule has 2 rings (SSSR count). The van der Waals surface area contributed by atoms with Crippen LogP contribution in [0.4, 0.5) is 0 Å². The van der Waals surface area contributed by atoms with Crippen LogP contribution in [0.1, 0.15) is 38.7 Å². The highest BCUT2D eigenvalue weighted by Crippen LogP contribution is 2.26. The van der Waals surface area contributed by atoms with Crippen molar-refractivity contribution < 1.29 is 4.74 Å². The monoisotopic (exact) mass is 275 g/mol. The topological polar surface area (TPSA) is 12.5 Å². The zero-order valence-electron chi connectivity index (χ0n) is 13.1. The molecule has 0 aliphatic carbocycles. The lowest BCUT2D eigenvalue weighted by Crippen LogP contribution is -2.30. The van der Waals surface area contributed by atoms with E-state index in [1.807, 2.05) is 0 Å². The normalized spacial score (nSPS) is 20.4. The predicted molar refractivity (Wildman–Crippen MR) is 85.0 cm³/mol. The van der Waals surface area contributed by atoms with Gasteiger partial charge in [0.2, 0.25) is 0 Å². The fourth-order valence-electron chi connectivity index (χ4n) is 3.20. The first kappa shape index (κ1) is 15.5. The molecular formula is C18H29NO. The Morgan fingerprint density at radius 1 is 1.20 bits per heavy atom. The van der Waals surface area contributed by atoms with E-state index in [1.165, 1.54) is 31.4 Å². The van der Waals surface area contributed by atoms with Gasteiger partial charge in [-0.1, -0.05) is 44.2 Å². The van der Waals surface area contributed by atoms with Crippen LogP contribution >= 0.6 is 0 Å². The largest absolute Gasteiger partial charge is 0.378 e. The third-order valence-electron chi connectivity index (χ3n) is 4.54. The van der Waals surface area contributed by atoms with Gasteiger partial charge in [0.05, 0.1) is 6.10 Å². The lowest BCUT2D eigenvalue weighted by Gasteiger charge is -2.26. The highest BCUT2D eigenvalue weighted by molar-refractivity contribution is 5.15. The summed E-state index contributed by atoms with van der Waals surface area (Å²) in [7, 11) is 0. The van der Waals surface area contributed by atoms with E-state index in [4.69, 9.17) is 4.74 Å². The fraction of sp³-hybridized carbons (Fsp3) is 0.667. The Morgan fingerprint density at radius 3 is 2.55 bits per heavy atom. The summed E-state index contributed by atoms with van der Waals surface area (Å²) in [6, 6.07) is 10.9. The SMILES string of the molecule is CCN(CC)CC[C@H](Cc1ccccc1)[C@@H]1CCCO1. The summed E-state index contributed by atoms with van der Waals surface area (Å²) in [6.07, 6.45) is 5.37. The van der Waals surface area contributed by atoms with E-state index in [2.05, 4.69) is 49.1 Å². The summed E-state index contributed by atoms with van der Waals surface area (Å²) < 4.78 is 5.97. The molecular weight excluding hydrogens is 246 g/mol. The molecule has 1 fully saturated rings. The van der Waals surface area contributed by atoms with E-state index in [-0.39, 0.29) is 0 Å². The first-order valence-corrected chi connectivity index (χ1v) is 8.21. The predicted octanol–water partition coefficient (Wildman–Crippen LogP) is 3.76. The maximum atomic E-state index is 5.97. The summed E-state index contributed by atoms with van der Waals surface area (Å²) in [5.74, 6) is 0.667. The molecule has 1 aliphatic heterocycles. The molecule has 1 heterocycles. The average molecular weight is 275 g/mol. The molecule has 2 nitrogen and oxygen atoms in total. The molecule has 1 aromatic rings. The highest BCUT2D eigenvalue weighted by atomic mass is 16.5. The van der Waals surface area contributed by atoms with Crippen molar-refractivity contribution in [1.82, 2.24) is 4.90 Å². The van der Waals surface area contributed by atoms with Gasteiger partial charge in [-0.05, 0) is 56.8 Å². The van der Waals surface area contributed by atoms with Crippen molar-refractivity contribution >= 4 is 0 Å². The molecule has 2 heteroatoms. The smallest absolute Gasteiger partial charge is 0.0607 e. The molecule has 20 heavy (non-hydrogen) atoms. The van der Waals surface area contributed by atoms with Crippen molar-refractivity contribution in [1.29, 1.82) is 0 Å². The summed E-state index contributed by atoms with van der Waals surface area (Å²) in [4.78, 5) is 2.52.